The minimum Gasteiger partial charge on any atom is -0.455 e. The number of esters is 1. The predicted octanol–water partition coefficient (Wildman–Crippen LogP) is 3.96. The molecule has 136 valence electrons. The van der Waals surface area contributed by atoms with Gasteiger partial charge in [0.2, 0.25) is 0 Å². The van der Waals surface area contributed by atoms with Crippen LogP contribution >= 0.6 is 0 Å². The van der Waals surface area contributed by atoms with Crippen molar-refractivity contribution in [1.82, 2.24) is 0 Å². The maximum Gasteiger partial charge on any atom is 0.317 e. The van der Waals surface area contributed by atoms with E-state index < -0.39 is 35.5 Å². The molecule has 0 bridgehead atoms. The molecule has 0 heterocycles. The lowest BCUT2D eigenvalue weighted by molar-refractivity contribution is -0.153. The summed E-state index contributed by atoms with van der Waals surface area (Å²) in [6.07, 6.45) is 2.78. The first-order valence-corrected chi connectivity index (χ1v) is 8.48. The van der Waals surface area contributed by atoms with Gasteiger partial charge in [-0.15, -0.1) is 0 Å². The molecule has 0 spiro atoms. The van der Waals surface area contributed by atoms with Gasteiger partial charge >= 0.3 is 5.97 Å². The van der Waals surface area contributed by atoms with Crippen LogP contribution in [0.4, 0.5) is 14.5 Å². The van der Waals surface area contributed by atoms with Gasteiger partial charge in [-0.1, -0.05) is 31.0 Å². The molecule has 2 aromatic rings. The van der Waals surface area contributed by atoms with Crippen LogP contribution < -0.4 is 5.32 Å². The minimum atomic E-state index is -0.915. The monoisotopic (exact) mass is 359 g/mol. The Bertz CT molecular complexity index is 816. The first-order valence-electron chi connectivity index (χ1n) is 8.48. The Morgan fingerprint density at radius 3 is 2.31 bits per heavy atom. The maximum absolute atomic E-state index is 13.6. The second-order valence-electron chi connectivity index (χ2n) is 6.43. The minimum absolute atomic E-state index is 0.284. The molecule has 0 saturated heterocycles. The van der Waals surface area contributed by atoms with E-state index in [4.69, 9.17) is 4.74 Å². The Labute approximate surface area is 150 Å². The molecule has 2 aromatic carbocycles. The number of carbonyl (C=O) groups is 2. The van der Waals surface area contributed by atoms with Crippen molar-refractivity contribution in [3.8, 4) is 0 Å². The second-order valence-corrected chi connectivity index (χ2v) is 6.43. The van der Waals surface area contributed by atoms with Crippen LogP contribution in [-0.2, 0) is 19.7 Å². The third-order valence-electron chi connectivity index (χ3n) is 4.67. The van der Waals surface area contributed by atoms with Gasteiger partial charge in [0.15, 0.2) is 6.61 Å². The van der Waals surface area contributed by atoms with Crippen molar-refractivity contribution in [2.24, 2.45) is 0 Å². The van der Waals surface area contributed by atoms with Crippen LogP contribution in [0.25, 0.3) is 0 Å². The highest BCUT2D eigenvalue weighted by Gasteiger charge is 2.44. The molecule has 0 radical (unpaired) electrons. The Kier molecular flexibility index (Phi) is 5.30. The summed E-state index contributed by atoms with van der Waals surface area (Å²) >= 11 is 0. The van der Waals surface area contributed by atoms with E-state index >= 15 is 0 Å². The third kappa shape index (κ3) is 3.90. The smallest absolute Gasteiger partial charge is 0.317 e. The van der Waals surface area contributed by atoms with Gasteiger partial charge in [-0.2, -0.15) is 0 Å². The van der Waals surface area contributed by atoms with Crippen LogP contribution in [0.3, 0.4) is 0 Å². The lowest BCUT2D eigenvalue weighted by atomic mass is 9.79. The third-order valence-corrected chi connectivity index (χ3v) is 4.67. The molecule has 0 atom stereocenters. The van der Waals surface area contributed by atoms with Crippen molar-refractivity contribution < 1.29 is 23.1 Å². The highest BCUT2D eigenvalue weighted by molar-refractivity contribution is 5.93. The fraction of sp³-hybridized carbons (Fsp3) is 0.300. The van der Waals surface area contributed by atoms with Gasteiger partial charge in [-0.05, 0) is 48.7 Å². The Balaban J connectivity index is 1.66. The summed E-state index contributed by atoms with van der Waals surface area (Å²) in [5.74, 6) is -1.98. The van der Waals surface area contributed by atoms with Crippen molar-refractivity contribution in [3.05, 3.63) is 65.7 Å². The van der Waals surface area contributed by atoms with Crippen LogP contribution in [0.15, 0.2) is 48.5 Å². The average molecular weight is 359 g/mol. The van der Waals surface area contributed by atoms with E-state index in [1.807, 2.05) is 0 Å². The lowest BCUT2D eigenvalue weighted by Gasteiger charge is -2.27. The van der Waals surface area contributed by atoms with Crippen molar-refractivity contribution in [3.63, 3.8) is 0 Å². The molecule has 1 fully saturated rings. The molecular weight excluding hydrogens is 340 g/mol. The highest BCUT2D eigenvalue weighted by Crippen LogP contribution is 2.42. The number of rotatable bonds is 5. The summed E-state index contributed by atoms with van der Waals surface area (Å²) < 4.78 is 32.0. The number of anilines is 1. The topological polar surface area (TPSA) is 55.4 Å². The molecule has 1 aliphatic carbocycles. The number of amides is 1. The molecule has 6 heteroatoms. The van der Waals surface area contributed by atoms with Crippen LogP contribution in [0, 0.1) is 11.6 Å². The molecule has 1 amide bonds. The van der Waals surface area contributed by atoms with Gasteiger partial charge in [0.1, 0.15) is 11.6 Å². The molecule has 4 nitrogen and oxygen atoms in total. The molecule has 1 aliphatic rings. The van der Waals surface area contributed by atoms with Crippen molar-refractivity contribution in [2.75, 3.05) is 11.9 Å². The number of ether oxygens (including phenoxy) is 1. The van der Waals surface area contributed by atoms with E-state index in [-0.39, 0.29) is 5.69 Å². The van der Waals surface area contributed by atoms with Gasteiger partial charge < -0.3 is 10.1 Å². The van der Waals surface area contributed by atoms with Crippen LogP contribution in [0.2, 0.25) is 0 Å². The molecule has 3 rings (SSSR count). The van der Waals surface area contributed by atoms with Crippen molar-refractivity contribution in [1.29, 1.82) is 0 Å². The zero-order chi connectivity index (χ0) is 18.6. The molecular formula is C20H19F2NO3. The molecule has 0 aromatic heterocycles. The average Bonchev–Trinajstić information content (AvgIpc) is 3.11. The number of hydrogen-bond donors (Lipinski definition) is 1. The van der Waals surface area contributed by atoms with Crippen LogP contribution in [0.5, 0.6) is 0 Å². The summed E-state index contributed by atoms with van der Waals surface area (Å²) in [5.41, 5.74) is -0.0568. The van der Waals surface area contributed by atoms with E-state index in [1.54, 1.807) is 12.1 Å². The van der Waals surface area contributed by atoms with Gasteiger partial charge in [-0.25, -0.2) is 8.78 Å². The Morgan fingerprint density at radius 1 is 1.00 bits per heavy atom. The van der Waals surface area contributed by atoms with E-state index in [0.717, 1.165) is 12.8 Å². The van der Waals surface area contributed by atoms with Gasteiger partial charge in [0.05, 0.1) is 5.41 Å². The number of carbonyl (C=O) groups excluding carboxylic acids is 2. The molecule has 0 unspecified atom stereocenters. The quantitative estimate of drug-likeness (QED) is 0.822. The van der Waals surface area contributed by atoms with E-state index in [9.17, 15) is 18.4 Å². The number of nitrogens with one attached hydrogen (secondary N) is 1. The van der Waals surface area contributed by atoms with Crippen molar-refractivity contribution in [2.45, 2.75) is 31.1 Å². The summed E-state index contributed by atoms with van der Waals surface area (Å²) in [6, 6.07) is 11.4. The summed E-state index contributed by atoms with van der Waals surface area (Å²) in [6.45, 7) is -0.480. The summed E-state index contributed by atoms with van der Waals surface area (Å²) in [5, 5.41) is 2.47. The SMILES string of the molecule is O=C(COC(=O)C1(c2cccc(F)c2)CCCC1)Nc1cccc(F)c1. The number of benzene rings is 2. The zero-order valence-electron chi connectivity index (χ0n) is 14.1. The first-order chi connectivity index (χ1) is 12.5. The van der Waals surface area contributed by atoms with Crippen molar-refractivity contribution >= 4 is 17.6 Å². The molecule has 0 aliphatic heterocycles. The molecule has 1 saturated carbocycles. The Hall–Kier alpha value is -2.76. The highest BCUT2D eigenvalue weighted by atomic mass is 19.1. The Morgan fingerprint density at radius 2 is 1.65 bits per heavy atom. The van der Waals surface area contributed by atoms with E-state index in [2.05, 4.69) is 5.32 Å². The van der Waals surface area contributed by atoms with Gasteiger partial charge in [0.25, 0.3) is 5.91 Å². The zero-order valence-corrected chi connectivity index (χ0v) is 14.1. The van der Waals surface area contributed by atoms with Crippen LogP contribution in [-0.4, -0.2) is 18.5 Å². The van der Waals surface area contributed by atoms with Gasteiger partial charge in [-0.3, -0.25) is 9.59 Å². The maximum atomic E-state index is 13.6. The second kappa shape index (κ2) is 7.64. The normalized spacial score (nSPS) is 15.5. The van der Waals surface area contributed by atoms with Gasteiger partial charge in [0, 0.05) is 5.69 Å². The fourth-order valence-corrected chi connectivity index (χ4v) is 3.41. The molecule has 26 heavy (non-hydrogen) atoms. The summed E-state index contributed by atoms with van der Waals surface area (Å²) in [4.78, 5) is 24.7. The standard InChI is InChI=1S/C20H19F2NO3/c21-15-6-3-5-14(11-15)20(9-1-2-10-20)19(25)26-13-18(24)23-17-8-4-7-16(22)12-17/h3-8,11-12H,1-2,9-10,13H2,(H,23,24). The predicted molar refractivity (Wildman–Crippen MR) is 92.5 cm³/mol. The molecule has 1 N–H and O–H groups in total. The number of halogens is 2. The summed E-state index contributed by atoms with van der Waals surface area (Å²) in [7, 11) is 0. The van der Waals surface area contributed by atoms with Crippen LogP contribution in [0.1, 0.15) is 31.2 Å². The van der Waals surface area contributed by atoms with E-state index in [1.165, 1.54) is 36.4 Å². The lowest BCUT2D eigenvalue weighted by Crippen LogP contribution is -2.36. The fourth-order valence-electron chi connectivity index (χ4n) is 3.41. The number of hydrogen-bond acceptors (Lipinski definition) is 3. The van der Waals surface area contributed by atoms with E-state index in [0.29, 0.717) is 18.4 Å². The first kappa shape index (κ1) is 18.0. The largest absolute Gasteiger partial charge is 0.455 e.